The van der Waals surface area contributed by atoms with Crippen LogP contribution in [-0.4, -0.2) is 40.1 Å². The molecule has 3 rings (SSSR count). The van der Waals surface area contributed by atoms with E-state index in [4.69, 9.17) is 0 Å². The lowest BCUT2D eigenvalue weighted by Gasteiger charge is -2.26. The van der Waals surface area contributed by atoms with Crippen molar-refractivity contribution in [3.63, 3.8) is 0 Å². The van der Waals surface area contributed by atoms with Gasteiger partial charge in [0.2, 0.25) is 0 Å². The molecule has 2 heterocycles. The second kappa shape index (κ2) is 5.62. The van der Waals surface area contributed by atoms with Crippen molar-refractivity contribution in [2.24, 2.45) is 5.92 Å². The normalized spacial score (nSPS) is 34.0. The molecule has 3 aliphatic rings. The van der Waals surface area contributed by atoms with Crippen LogP contribution in [0.3, 0.4) is 0 Å². The molecule has 20 heavy (non-hydrogen) atoms. The third-order valence-electron chi connectivity index (χ3n) is 5.27. The number of aliphatic carboxylic acids is 1. The molecule has 2 bridgehead atoms. The van der Waals surface area contributed by atoms with Gasteiger partial charge in [-0.2, -0.15) is 0 Å². The van der Waals surface area contributed by atoms with Gasteiger partial charge in [0, 0.05) is 18.1 Å². The number of hydrogen-bond acceptors (Lipinski definition) is 2. The van der Waals surface area contributed by atoms with E-state index >= 15 is 0 Å². The number of carbonyl (C=O) groups is 2. The summed E-state index contributed by atoms with van der Waals surface area (Å²) in [4.78, 5) is 25.6. The van der Waals surface area contributed by atoms with Crippen molar-refractivity contribution in [1.29, 1.82) is 0 Å². The molecule has 5 heteroatoms. The SMILES string of the molecule is O=C(O)C1CC2CCC1N2C(=O)NC1CCCCCC1. The Morgan fingerprint density at radius 3 is 2.30 bits per heavy atom. The van der Waals surface area contributed by atoms with Crippen molar-refractivity contribution < 1.29 is 14.7 Å². The number of nitrogens with one attached hydrogen (secondary N) is 1. The molecule has 2 amide bonds. The van der Waals surface area contributed by atoms with E-state index in [1.165, 1.54) is 25.7 Å². The van der Waals surface area contributed by atoms with Crippen LogP contribution < -0.4 is 5.32 Å². The molecule has 3 atom stereocenters. The van der Waals surface area contributed by atoms with E-state index in [1.54, 1.807) is 0 Å². The molecule has 0 aromatic heterocycles. The zero-order chi connectivity index (χ0) is 14.1. The predicted molar refractivity (Wildman–Crippen MR) is 74.4 cm³/mol. The van der Waals surface area contributed by atoms with Gasteiger partial charge in [-0.15, -0.1) is 0 Å². The molecule has 1 saturated carbocycles. The van der Waals surface area contributed by atoms with Crippen LogP contribution in [0.1, 0.15) is 57.8 Å². The number of fused-ring (bicyclic) bond motifs is 2. The van der Waals surface area contributed by atoms with Gasteiger partial charge in [-0.05, 0) is 32.1 Å². The van der Waals surface area contributed by atoms with Gasteiger partial charge in [-0.1, -0.05) is 25.7 Å². The van der Waals surface area contributed by atoms with Crippen LogP contribution in [0.4, 0.5) is 4.79 Å². The van der Waals surface area contributed by atoms with E-state index in [0.717, 1.165) is 25.7 Å². The Morgan fingerprint density at radius 2 is 1.70 bits per heavy atom. The molecule has 112 valence electrons. The maximum atomic E-state index is 12.5. The number of rotatable bonds is 2. The smallest absolute Gasteiger partial charge is 0.318 e. The highest BCUT2D eigenvalue weighted by Gasteiger charge is 2.51. The average molecular weight is 280 g/mol. The summed E-state index contributed by atoms with van der Waals surface area (Å²) in [6, 6.07) is 0.330. The number of carboxylic acid groups (broad SMARTS) is 1. The predicted octanol–water partition coefficient (Wildman–Crippen LogP) is 2.36. The van der Waals surface area contributed by atoms with Gasteiger partial charge >= 0.3 is 12.0 Å². The molecule has 3 fully saturated rings. The number of hydrogen-bond donors (Lipinski definition) is 2. The minimum absolute atomic E-state index is 0.0202. The number of carbonyl (C=O) groups excluding carboxylic acids is 1. The highest BCUT2D eigenvalue weighted by Crippen LogP contribution is 2.41. The van der Waals surface area contributed by atoms with Crippen molar-refractivity contribution >= 4 is 12.0 Å². The number of amides is 2. The lowest BCUT2D eigenvalue weighted by atomic mass is 9.89. The second-order valence-corrected chi connectivity index (χ2v) is 6.52. The highest BCUT2D eigenvalue weighted by molar-refractivity contribution is 5.79. The molecular formula is C15H24N2O3. The molecule has 0 aromatic carbocycles. The molecule has 3 unspecified atom stereocenters. The minimum atomic E-state index is -0.746. The fourth-order valence-corrected chi connectivity index (χ4v) is 4.24. The van der Waals surface area contributed by atoms with Crippen LogP contribution in [0.2, 0.25) is 0 Å². The van der Waals surface area contributed by atoms with Gasteiger partial charge in [0.15, 0.2) is 0 Å². The van der Waals surface area contributed by atoms with Gasteiger partial charge < -0.3 is 15.3 Å². The first-order valence-electron chi connectivity index (χ1n) is 7.98. The highest BCUT2D eigenvalue weighted by atomic mass is 16.4. The van der Waals surface area contributed by atoms with Crippen molar-refractivity contribution in [2.75, 3.05) is 0 Å². The van der Waals surface area contributed by atoms with Crippen LogP contribution in [0.15, 0.2) is 0 Å². The summed E-state index contributed by atoms with van der Waals surface area (Å²) in [5.41, 5.74) is 0. The monoisotopic (exact) mass is 280 g/mol. The fourth-order valence-electron chi connectivity index (χ4n) is 4.24. The molecule has 2 aliphatic heterocycles. The Morgan fingerprint density at radius 1 is 1.00 bits per heavy atom. The summed E-state index contributed by atoms with van der Waals surface area (Å²) in [6.07, 6.45) is 9.49. The Hall–Kier alpha value is -1.26. The first kappa shape index (κ1) is 13.7. The lowest BCUT2D eigenvalue weighted by Crippen LogP contribution is -2.47. The summed E-state index contributed by atoms with van der Waals surface area (Å²) in [5, 5.41) is 12.4. The van der Waals surface area contributed by atoms with Crippen molar-refractivity contribution in [1.82, 2.24) is 10.2 Å². The summed E-state index contributed by atoms with van der Waals surface area (Å²) in [6.45, 7) is 0. The van der Waals surface area contributed by atoms with Crippen LogP contribution in [0.5, 0.6) is 0 Å². The maximum Gasteiger partial charge on any atom is 0.318 e. The topological polar surface area (TPSA) is 69.6 Å². The van der Waals surface area contributed by atoms with Crippen LogP contribution >= 0.6 is 0 Å². The minimum Gasteiger partial charge on any atom is -0.481 e. The third kappa shape index (κ3) is 2.50. The molecule has 2 saturated heterocycles. The zero-order valence-electron chi connectivity index (χ0n) is 11.9. The van der Waals surface area contributed by atoms with E-state index < -0.39 is 5.97 Å². The Labute approximate surface area is 119 Å². The van der Waals surface area contributed by atoms with Gasteiger partial charge in [0.05, 0.1) is 5.92 Å². The first-order chi connectivity index (χ1) is 9.66. The molecule has 0 radical (unpaired) electrons. The summed E-state index contributed by atoms with van der Waals surface area (Å²) in [5.74, 6) is -1.10. The molecular weight excluding hydrogens is 256 g/mol. The standard InChI is InChI=1S/C15H24N2O3/c18-14(19)12-9-11-7-8-13(12)17(11)15(20)16-10-5-3-1-2-4-6-10/h10-13H,1-9H2,(H,16,20)(H,18,19). The van der Waals surface area contributed by atoms with Gasteiger partial charge in [0.25, 0.3) is 0 Å². The van der Waals surface area contributed by atoms with Crippen LogP contribution in [-0.2, 0) is 4.79 Å². The van der Waals surface area contributed by atoms with Gasteiger partial charge in [-0.25, -0.2) is 4.79 Å². The number of urea groups is 1. The third-order valence-corrected chi connectivity index (χ3v) is 5.27. The van der Waals surface area contributed by atoms with E-state index in [1.807, 2.05) is 4.90 Å². The van der Waals surface area contributed by atoms with Crippen molar-refractivity contribution in [3.8, 4) is 0 Å². The lowest BCUT2D eigenvalue weighted by molar-refractivity contribution is -0.142. The van der Waals surface area contributed by atoms with Gasteiger partial charge in [0.1, 0.15) is 0 Å². The van der Waals surface area contributed by atoms with E-state index in [0.29, 0.717) is 6.42 Å². The average Bonchev–Trinajstić information content (AvgIpc) is 2.89. The molecule has 1 aliphatic carbocycles. The van der Waals surface area contributed by atoms with Crippen molar-refractivity contribution in [2.45, 2.75) is 75.9 Å². The molecule has 2 N–H and O–H groups in total. The largest absolute Gasteiger partial charge is 0.481 e. The Balaban J connectivity index is 1.61. The Kier molecular flexibility index (Phi) is 3.85. The molecule has 5 nitrogen and oxygen atoms in total. The van der Waals surface area contributed by atoms with Crippen LogP contribution in [0, 0.1) is 5.92 Å². The zero-order valence-corrected chi connectivity index (χ0v) is 11.9. The van der Waals surface area contributed by atoms with E-state index in [2.05, 4.69) is 5.32 Å². The Bertz CT molecular complexity index is 391. The number of nitrogens with zero attached hydrogens (tertiary/aromatic N) is 1. The first-order valence-corrected chi connectivity index (χ1v) is 7.98. The second-order valence-electron chi connectivity index (χ2n) is 6.52. The quantitative estimate of drug-likeness (QED) is 0.763. The summed E-state index contributed by atoms with van der Waals surface area (Å²) < 4.78 is 0. The van der Waals surface area contributed by atoms with Gasteiger partial charge in [-0.3, -0.25) is 4.79 Å². The fraction of sp³-hybridized carbons (Fsp3) is 0.867. The summed E-state index contributed by atoms with van der Waals surface area (Å²) in [7, 11) is 0. The summed E-state index contributed by atoms with van der Waals surface area (Å²) >= 11 is 0. The maximum absolute atomic E-state index is 12.5. The number of carboxylic acids is 1. The molecule has 0 aromatic rings. The van der Waals surface area contributed by atoms with E-state index in [-0.39, 0.29) is 30.1 Å². The van der Waals surface area contributed by atoms with E-state index in [9.17, 15) is 14.7 Å². The molecule has 0 spiro atoms. The van der Waals surface area contributed by atoms with Crippen molar-refractivity contribution in [3.05, 3.63) is 0 Å². The van der Waals surface area contributed by atoms with Crippen LogP contribution in [0.25, 0.3) is 0 Å².